The molecule has 1 saturated carbocycles. The Morgan fingerprint density at radius 1 is 1.03 bits per heavy atom. The molecule has 0 radical (unpaired) electrons. The average Bonchev–Trinajstić information content (AvgIpc) is 2.75. The number of allylic oxidation sites excluding steroid dienone is 2. The SMILES string of the molecule is CC1(C)[C@H]2CC=C(Cc3cc(-c4oc5c(O)c(O)ccc5c(=O)c4O)ccc3O)[C@@H]1C2. The van der Waals surface area contributed by atoms with Gasteiger partial charge in [0.1, 0.15) is 5.75 Å². The van der Waals surface area contributed by atoms with Gasteiger partial charge in [0.2, 0.25) is 16.9 Å². The Kier molecular flexibility index (Phi) is 4.13. The fourth-order valence-electron chi connectivity index (χ4n) is 5.18. The van der Waals surface area contributed by atoms with Crippen LogP contribution < -0.4 is 5.43 Å². The van der Waals surface area contributed by atoms with E-state index in [-0.39, 0.29) is 27.9 Å². The van der Waals surface area contributed by atoms with Crippen molar-refractivity contribution >= 4 is 11.0 Å². The number of rotatable bonds is 3. The van der Waals surface area contributed by atoms with Gasteiger partial charge in [-0.3, -0.25) is 4.79 Å². The summed E-state index contributed by atoms with van der Waals surface area (Å²) in [6.45, 7) is 4.58. The molecule has 0 saturated heterocycles. The first kappa shape index (κ1) is 19.5. The van der Waals surface area contributed by atoms with E-state index in [0.717, 1.165) is 12.5 Å². The van der Waals surface area contributed by atoms with Crippen LogP contribution in [0.25, 0.3) is 22.3 Å². The minimum Gasteiger partial charge on any atom is -0.508 e. The molecule has 0 spiro atoms. The smallest absolute Gasteiger partial charge is 0.235 e. The summed E-state index contributed by atoms with van der Waals surface area (Å²) in [4.78, 5) is 12.6. The number of hydrogen-bond acceptors (Lipinski definition) is 6. The summed E-state index contributed by atoms with van der Waals surface area (Å²) in [6.07, 6.45) is 5.06. The highest BCUT2D eigenvalue weighted by molar-refractivity contribution is 5.88. The molecule has 6 heteroatoms. The molecule has 6 rings (SSSR count). The lowest BCUT2D eigenvalue weighted by atomic mass is 9.48. The molecular weight excluding hydrogens is 396 g/mol. The maximum Gasteiger partial charge on any atom is 0.235 e. The molecule has 0 amide bonds. The van der Waals surface area contributed by atoms with Gasteiger partial charge in [0.15, 0.2) is 17.1 Å². The monoisotopic (exact) mass is 420 g/mol. The molecule has 3 aliphatic rings. The molecule has 3 aliphatic carbocycles. The van der Waals surface area contributed by atoms with Crippen molar-refractivity contribution in [3.05, 3.63) is 57.8 Å². The molecular formula is C25H24O6. The standard InChI is InChI=1S/C25H24O6/c1-25(2)15-5-3-12(17(25)11-15)9-14-10-13(4-7-18(14)26)23-22(30)20(28)16-6-8-19(27)21(29)24(16)31-23/h3-4,6-8,10,15,17,26-27,29-30H,5,9,11H2,1-2H3/t15-,17-/m0/s1. The molecule has 6 nitrogen and oxygen atoms in total. The predicted molar refractivity (Wildman–Crippen MR) is 116 cm³/mol. The van der Waals surface area contributed by atoms with Crippen molar-refractivity contribution < 1.29 is 24.8 Å². The zero-order valence-corrected chi connectivity index (χ0v) is 17.3. The van der Waals surface area contributed by atoms with E-state index in [1.807, 2.05) is 0 Å². The summed E-state index contributed by atoms with van der Waals surface area (Å²) in [5.74, 6) is -0.369. The number of fused-ring (bicyclic) bond motifs is 2. The third kappa shape index (κ3) is 2.81. The third-order valence-electron chi connectivity index (χ3n) is 7.31. The number of phenolic OH excluding ortho intramolecular Hbond substituents is 3. The van der Waals surface area contributed by atoms with Crippen molar-refractivity contribution in [2.75, 3.05) is 0 Å². The second kappa shape index (κ2) is 6.54. The van der Waals surface area contributed by atoms with Crippen LogP contribution in [0.5, 0.6) is 23.0 Å². The van der Waals surface area contributed by atoms with Crippen LogP contribution in [-0.4, -0.2) is 20.4 Å². The van der Waals surface area contributed by atoms with E-state index in [9.17, 15) is 25.2 Å². The molecule has 1 heterocycles. The van der Waals surface area contributed by atoms with Crippen LogP contribution in [0.15, 0.2) is 51.2 Å². The highest BCUT2D eigenvalue weighted by Crippen LogP contribution is 2.59. The van der Waals surface area contributed by atoms with Crippen molar-refractivity contribution in [1.29, 1.82) is 0 Å². The zero-order valence-electron chi connectivity index (χ0n) is 17.3. The van der Waals surface area contributed by atoms with Crippen molar-refractivity contribution in [2.45, 2.75) is 33.1 Å². The fourth-order valence-corrected chi connectivity index (χ4v) is 5.18. The Hall–Kier alpha value is -3.41. The Morgan fingerprint density at radius 3 is 2.48 bits per heavy atom. The fraction of sp³-hybridized carbons (Fsp3) is 0.320. The first-order valence-electron chi connectivity index (χ1n) is 10.4. The van der Waals surface area contributed by atoms with Gasteiger partial charge in [0, 0.05) is 5.56 Å². The molecule has 2 bridgehead atoms. The molecule has 31 heavy (non-hydrogen) atoms. The van der Waals surface area contributed by atoms with E-state index in [4.69, 9.17) is 4.42 Å². The van der Waals surface area contributed by atoms with E-state index >= 15 is 0 Å². The number of benzene rings is 2. The molecule has 2 aromatic carbocycles. The van der Waals surface area contributed by atoms with E-state index < -0.39 is 22.7 Å². The van der Waals surface area contributed by atoms with E-state index in [0.29, 0.717) is 29.4 Å². The topological polar surface area (TPSA) is 111 Å². The van der Waals surface area contributed by atoms with Crippen LogP contribution in [0.4, 0.5) is 0 Å². The Labute approximate surface area is 178 Å². The van der Waals surface area contributed by atoms with Crippen molar-refractivity contribution in [3.8, 4) is 34.3 Å². The van der Waals surface area contributed by atoms with Gasteiger partial charge < -0.3 is 24.8 Å². The van der Waals surface area contributed by atoms with Gasteiger partial charge in [-0.2, -0.15) is 0 Å². The van der Waals surface area contributed by atoms with Crippen molar-refractivity contribution in [2.24, 2.45) is 17.3 Å². The summed E-state index contributed by atoms with van der Waals surface area (Å²) in [6, 6.07) is 7.19. The lowest BCUT2D eigenvalue weighted by Gasteiger charge is -2.56. The largest absolute Gasteiger partial charge is 0.508 e. The van der Waals surface area contributed by atoms with Crippen LogP contribution in [0, 0.1) is 17.3 Å². The van der Waals surface area contributed by atoms with Crippen LogP contribution in [0.1, 0.15) is 32.3 Å². The van der Waals surface area contributed by atoms with Gasteiger partial charge in [-0.25, -0.2) is 0 Å². The summed E-state index contributed by atoms with van der Waals surface area (Å²) in [7, 11) is 0. The van der Waals surface area contributed by atoms with Crippen LogP contribution in [0.2, 0.25) is 0 Å². The zero-order chi connectivity index (χ0) is 22.1. The maximum absolute atomic E-state index is 12.6. The molecule has 3 aromatic rings. The van der Waals surface area contributed by atoms with Crippen LogP contribution >= 0.6 is 0 Å². The summed E-state index contributed by atoms with van der Waals surface area (Å²) >= 11 is 0. The minimum atomic E-state index is -0.710. The Morgan fingerprint density at radius 2 is 1.77 bits per heavy atom. The van der Waals surface area contributed by atoms with E-state index in [2.05, 4.69) is 19.9 Å². The van der Waals surface area contributed by atoms with Gasteiger partial charge in [-0.05, 0) is 72.4 Å². The first-order valence-corrected chi connectivity index (χ1v) is 10.4. The number of phenols is 3. The molecule has 0 unspecified atom stereocenters. The third-order valence-corrected chi connectivity index (χ3v) is 7.31. The lowest BCUT2D eigenvalue weighted by molar-refractivity contribution is -0.00746. The van der Waals surface area contributed by atoms with Gasteiger partial charge in [-0.1, -0.05) is 25.5 Å². The summed E-state index contributed by atoms with van der Waals surface area (Å²) in [5.41, 5.74) is 1.72. The molecule has 0 aliphatic heterocycles. The van der Waals surface area contributed by atoms with Gasteiger partial charge in [0.05, 0.1) is 5.39 Å². The van der Waals surface area contributed by atoms with Crippen LogP contribution in [0.3, 0.4) is 0 Å². The molecule has 160 valence electrons. The highest BCUT2D eigenvalue weighted by atomic mass is 16.4. The Bertz CT molecular complexity index is 1310. The van der Waals surface area contributed by atoms with E-state index in [1.165, 1.54) is 24.1 Å². The first-order chi connectivity index (χ1) is 14.7. The second-order valence-electron chi connectivity index (χ2n) is 9.26. The van der Waals surface area contributed by atoms with Crippen molar-refractivity contribution in [1.82, 2.24) is 0 Å². The van der Waals surface area contributed by atoms with Crippen LogP contribution in [-0.2, 0) is 6.42 Å². The number of aromatic hydroxyl groups is 4. The normalized spacial score (nSPS) is 21.5. The predicted octanol–water partition coefficient (Wildman–Crippen LogP) is 4.82. The van der Waals surface area contributed by atoms with Crippen molar-refractivity contribution in [3.63, 3.8) is 0 Å². The van der Waals surface area contributed by atoms with Gasteiger partial charge in [0.25, 0.3) is 0 Å². The molecule has 2 atom stereocenters. The lowest BCUT2D eigenvalue weighted by Crippen LogP contribution is -2.48. The summed E-state index contributed by atoms with van der Waals surface area (Å²) in [5, 5.41) is 40.8. The minimum absolute atomic E-state index is 0.0373. The van der Waals surface area contributed by atoms with Gasteiger partial charge >= 0.3 is 0 Å². The quantitative estimate of drug-likeness (QED) is 0.357. The molecule has 4 N–H and O–H groups in total. The van der Waals surface area contributed by atoms with Gasteiger partial charge in [-0.15, -0.1) is 0 Å². The number of hydrogen-bond donors (Lipinski definition) is 4. The maximum atomic E-state index is 12.6. The molecule has 1 fully saturated rings. The Balaban J connectivity index is 1.59. The highest BCUT2D eigenvalue weighted by Gasteiger charge is 2.50. The molecule has 1 aromatic heterocycles. The summed E-state index contributed by atoms with van der Waals surface area (Å²) < 4.78 is 5.66. The second-order valence-corrected chi connectivity index (χ2v) is 9.26. The van der Waals surface area contributed by atoms with E-state index in [1.54, 1.807) is 12.1 Å². The average molecular weight is 420 g/mol.